The van der Waals surface area contributed by atoms with E-state index in [0.717, 1.165) is 37.7 Å². The summed E-state index contributed by atoms with van der Waals surface area (Å²) in [6.07, 6.45) is 0.945. The van der Waals surface area contributed by atoms with E-state index < -0.39 is 0 Å². The number of hydrogen-bond acceptors (Lipinski definition) is 3. The molecule has 1 rings (SSSR count). The lowest BCUT2D eigenvalue weighted by Gasteiger charge is -2.10. The van der Waals surface area contributed by atoms with Gasteiger partial charge in [-0.3, -0.25) is 4.68 Å². The van der Waals surface area contributed by atoms with Crippen LogP contribution in [0.4, 0.5) is 5.82 Å². The molecule has 0 atom stereocenters. The minimum atomic E-state index is 0.615. The molecule has 17 heavy (non-hydrogen) atoms. The summed E-state index contributed by atoms with van der Waals surface area (Å²) in [4.78, 5) is 0. The van der Waals surface area contributed by atoms with E-state index in [-0.39, 0.29) is 0 Å². The second kappa shape index (κ2) is 7.24. The van der Waals surface area contributed by atoms with E-state index in [1.54, 1.807) is 4.68 Å². The van der Waals surface area contributed by atoms with E-state index in [9.17, 15) is 0 Å². The number of anilines is 1. The molecule has 6 heteroatoms. The molecule has 0 aliphatic heterocycles. The summed E-state index contributed by atoms with van der Waals surface area (Å²) < 4.78 is 7.01. The maximum atomic E-state index is 5.24. The van der Waals surface area contributed by atoms with Crippen LogP contribution in [0, 0.1) is 6.92 Å². The Balaban J connectivity index is 2.23. The molecule has 0 fully saturated rings. The summed E-state index contributed by atoms with van der Waals surface area (Å²) in [5.41, 5.74) is 0.967. The molecule has 0 saturated heterocycles. The molecule has 0 amide bonds. The van der Waals surface area contributed by atoms with Crippen LogP contribution in [0.5, 0.6) is 0 Å². The highest BCUT2D eigenvalue weighted by Crippen LogP contribution is 2.07. The van der Waals surface area contributed by atoms with Crippen LogP contribution in [0.1, 0.15) is 19.0 Å². The number of nitrogens with one attached hydrogen (secondary N) is 2. The average Bonchev–Trinajstić information content (AvgIpc) is 2.57. The standard InChI is InChI=1S/C11H20N4OS/c1-4-16-7-5-6-12-11(17)13-10-8-9(2)14-15(10)3/h8H,4-7H2,1-3H3,(H2,12,13,17). The predicted molar refractivity (Wildman–Crippen MR) is 73.3 cm³/mol. The fraction of sp³-hybridized carbons (Fsp3) is 0.636. The third-order valence-corrected chi connectivity index (χ3v) is 2.45. The Morgan fingerprint density at radius 2 is 2.35 bits per heavy atom. The van der Waals surface area contributed by atoms with Crippen LogP contribution in [0.15, 0.2) is 6.07 Å². The molecular formula is C11H20N4OS. The second-order valence-corrected chi connectivity index (χ2v) is 4.13. The Morgan fingerprint density at radius 3 is 2.94 bits per heavy atom. The molecule has 0 bridgehead atoms. The first-order chi connectivity index (χ1) is 8.13. The van der Waals surface area contributed by atoms with Gasteiger partial charge < -0.3 is 15.4 Å². The largest absolute Gasteiger partial charge is 0.382 e. The smallest absolute Gasteiger partial charge is 0.171 e. The average molecular weight is 256 g/mol. The van der Waals surface area contributed by atoms with E-state index in [0.29, 0.717) is 5.11 Å². The molecule has 5 nitrogen and oxygen atoms in total. The molecule has 0 aliphatic rings. The number of aromatic nitrogens is 2. The van der Waals surface area contributed by atoms with Crippen LogP contribution in [-0.2, 0) is 11.8 Å². The molecule has 2 N–H and O–H groups in total. The van der Waals surface area contributed by atoms with E-state index in [1.807, 2.05) is 27.0 Å². The summed E-state index contributed by atoms with van der Waals surface area (Å²) >= 11 is 5.18. The molecular weight excluding hydrogens is 236 g/mol. The zero-order chi connectivity index (χ0) is 12.7. The number of aryl methyl sites for hydroxylation is 2. The third kappa shape index (κ3) is 5.14. The fourth-order valence-corrected chi connectivity index (χ4v) is 1.62. The highest BCUT2D eigenvalue weighted by molar-refractivity contribution is 7.80. The van der Waals surface area contributed by atoms with Crippen molar-refractivity contribution in [3.05, 3.63) is 11.8 Å². The van der Waals surface area contributed by atoms with Gasteiger partial charge in [-0.2, -0.15) is 5.10 Å². The first kappa shape index (κ1) is 13.9. The third-order valence-electron chi connectivity index (χ3n) is 2.20. The van der Waals surface area contributed by atoms with Crippen molar-refractivity contribution in [1.82, 2.24) is 15.1 Å². The zero-order valence-electron chi connectivity index (χ0n) is 10.6. The number of rotatable bonds is 6. The van der Waals surface area contributed by atoms with E-state index in [1.165, 1.54) is 0 Å². The van der Waals surface area contributed by atoms with Crippen LogP contribution < -0.4 is 10.6 Å². The maximum absolute atomic E-state index is 5.24. The summed E-state index contributed by atoms with van der Waals surface area (Å²) in [5.74, 6) is 0.893. The molecule has 0 saturated carbocycles. The molecule has 0 unspecified atom stereocenters. The van der Waals surface area contributed by atoms with Crippen molar-refractivity contribution in [1.29, 1.82) is 0 Å². The molecule has 1 aromatic heterocycles. The highest BCUT2D eigenvalue weighted by Gasteiger charge is 2.03. The monoisotopic (exact) mass is 256 g/mol. The zero-order valence-corrected chi connectivity index (χ0v) is 11.4. The Labute approximate surface area is 108 Å². The van der Waals surface area contributed by atoms with Crippen LogP contribution in [0.2, 0.25) is 0 Å². The minimum absolute atomic E-state index is 0.615. The number of nitrogens with zero attached hydrogens (tertiary/aromatic N) is 2. The van der Waals surface area contributed by atoms with Gasteiger partial charge in [0.25, 0.3) is 0 Å². The van der Waals surface area contributed by atoms with Crippen LogP contribution >= 0.6 is 12.2 Å². The first-order valence-corrected chi connectivity index (χ1v) is 6.17. The van der Waals surface area contributed by atoms with Gasteiger partial charge in [-0.25, -0.2) is 0 Å². The quantitative estimate of drug-likeness (QED) is 0.596. The second-order valence-electron chi connectivity index (χ2n) is 3.73. The van der Waals surface area contributed by atoms with E-state index in [2.05, 4.69) is 15.7 Å². The maximum Gasteiger partial charge on any atom is 0.171 e. The van der Waals surface area contributed by atoms with Crippen molar-refractivity contribution in [2.45, 2.75) is 20.3 Å². The summed E-state index contributed by atoms with van der Waals surface area (Å²) in [6.45, 7) is 6.27. The van der Waals surface area contributed by atoms with Crippen molar-refractivity contribution >= 4 is 23.1 Å². The number of ether oxygens (including phenoxy) is 1. The Kier molecular flexibility index (Phi) is 5.93. The van der Waals surface area contributed by atoms with Crippen LogP contribution in [-0.4, -0.2) is 34.7 Å². The van der Waals surface area contributed by atoms with Gasteiger partial charge >= 0.3 is 0 Å². The number of thiocarbonyl (C=S) groups is 1. The van der Waals surface area contributed by atoms with Gasteiger partial charge in [0, 0.05) is 32.9 Å². The van der Waals surface area contributed by atoms with Crippen molar-refractivity contribution < 1.29 is 4.74 Å². The highest BCUT2D eigenvalue weighted by atomic mass is 32.1. The van der Waals surface area contributed by atoms with Gasteiger partial charge in [0.1, 0.15) is 5.82 Å². The van der Waals surface area contributed by atoms with Gasteiger partial charge in [-0.15, -0.1) is 0 Å². The fourth-order valence-electron chi connectivity index (χ4n) is 1.41. The molecule has 0 aromatic carbocycles. The van der Waals surface area contributed by atoms with Crippen molar-refractivity contribution in [3.63, 3.8) is 0 Å². The van der Waals surface area contributed by atoms with Crippen LogP contribution in [0.25, 0.3) is 0 Å². The minimum Gasteiger partial charge on any atom is -0.382 e. The van der Waals surface area contributed by atoms with E-state index >= 15 is 0 Å². The van der Waals surface area contributed by atoms with Crippen LogP contribution in [0.3, 0.4) is 0 Å². The first-order valence-electron chi connectivity index (χ1n) is 5.76. The Morgan fingerprint density at radius 1 is 1.59 bits per heavy atom. The molecule has 0 spiro atoms. The lowest BCUT2D eigenvalue weighted by molar-refractivity contribution is 0.146. The Hall–Kier alpha value is -1.14. The normalized spacial score (nSPS) is 10.3. The molecule has 96 valence electrons. The topological polar surface area (TPSA) is 51.1 Å². The van der Waals surface area contributed by atoms with Gasteiger partial charge in [0.15, 0.2) is 5.11 Å². The summed E-state index contributed by atoms with van der Waals surface area (Å²) in [5, 5.41) is 11.1. The molecule has 0 radical (unpaired) electrons. The Bertz CT molecular complexity index is 364. The van der Waals surface area contributed by atoms with Crippen molar-refractivity contribution in [3.8, 4) is 0 Å². The SMILES string of the molecule is CCOCCCNC(=S)Nc1cc(C)nn1C. The van der Waals surface area contributed by atoms with E-state index in [4.69, 9.17) is 17.0 Å². The van der Waals surface area contributed by atoms with Crippen molar-refractivity contribution in [2.24, 2.45) is 7.05 Å². The van der Waals surface area contributed by atoms with Crippen molar-refractivity contribution in [2.75, 3.05) is 25.1 Å². The van der Waals surface area contributed by atoms with Gasteiger partial charge in [-0.05, 0) is 32.5 Å². The molecule has 1 aromatic rings. The lowest BCUT2D eigenvalue weighted by atomic mass is 10.4. The number of hydrogen-bond donors (Lipinski definition) is 2. The summed E-state index contributed by atoms with van der Waals surface area (Å²) in [6, 6.07) is 1.95. The summed E-state index contributed by atoms with van der Waals surface area (Å²) in [7, 11) is 1.88. The lowest BCUT2D eigenvalue weighted by Crippen LogP contribution is -2.30. The van der Waals surface area contributed by atoms with Gasteiger partial charge in [-0.1, -0.05) is 0 Å². The van der Waals surface area contributed by atoms with Gasteiger partial charge in [0.2, 0.25) is 0 Å². The molecule has 1 heterocycles. The van der Waals surface area contributed by atoms with Gasteiger partial charge in [0.05, 0.1) is 5.69 Å². The molecule has 0 aliphatic carbocycles. The predicted octanol–water partition coefficient (Wildman–Crippen LogP) is 1.44.